The first-order valence-electron chi connectivity index (χ1n) is 11.8. The van der Waals surface area contributed by atoms with E-state index < -0.39 is 47.3 Å². The van der Waals surface area contributed by atoms with Crippen LogP contribution in [0.25, 0.3) is 10.9 Å². The molecule has 1 saturated carbocycles. The van der Waals surface area contributed by atoms with Crippen molar-refractivity contribution in [2.24, 2.45) is 5.92 Å². The van der Waals surface area contributed by atoms with Crippen molar-refractivity contribution in [1.82, 2.24) is 15.3 Å². The molecule has 0 saturated heterocycles. The Morgan fingerprint density at radius 1 is 0.946 bits per heavy atom. The minimum absolute atomic E-state index is 0.153. The molecule has 0 spiro atoms. The Balaban J connectivity index is 1.26. The summed E-state index contributed by atoms with van der Waals surface area (Å²) in [6, 6.07) is 7.93. The van der Waals surface area contributed by atoms with Gasteiger partial charge in [0.15, 0.2) is 12.4 Å². The maximum absolute atomic E-state index is 13.7. The van der Waals surface area contributed by atoms with E-state index in [1.54, 1.807) is 0 Å². The van der Waals surface area contributed by atoms with Gasteiger partial charge in [-0.3, -0.25) is 4.79 Å². The minimum Gasteiger partial charge on any atom is -0.477 e. The largest absolute Gasteiger partial charge is 0.477 e. The van der Waals surface area contributed by atoms with Crippen LogP contribution in [-0.2, 0) is 4.79 Å². The third-order valence-electron chi connectivity index (χ3n) is 6.29. The molecular formula is C25H26F5N5O2. The van der Waals surface area contributed by atoms with Crippen LogP contribution in [0.4, 0.5) is 33.7 Å². The molecule has 198 valence electrons. The summed E-state index contributed by atoms with van der Waals surface area (Å²) >= 11 is 0. The molecule has 4 rings (SSSR count). The molecule has 3 aromatic rings. The van der Waals surface area contributed by atoms with Crippen LogP contribution in [0.15, 0.2) is 24.3 Å². The van der Waals surface area contributed by atoms with Gasteiger partial charge in [0.25, 0.3) is 5.91 Å². The molecule has 1 amide bonds. The molecule has 0 unspecified atom stereocenters. The lowest BCUT2D eigenvalue weighted by molar-refractivity contribution is -0.123. The van der Waals surface area contributed by atoms with E-state index in [-0.39, 0.29) is 12.0 Å². The average Bonchev–Trinajstić information content (AvgIpc) is 2.89. The maximum atomic E-state index is 13.7. The average molecular weight is 524 g/mol. The Hall–Kier alpha value is -3.70. The lowest BCUT2D eigenvalue weighted by Gasteiger charge is -2.29. The smallest absolute Gasteiger partial charge is 0.257 e. The molecule has 0 atom stereocenters. The van der Waals surface area contributed by atoms with Crippen molar-refractivity contribution in [2.45, 2.75) is 31.7 Å². The fraction of sp³-hybridized carbons (Fsp3) is 0.400. The normalized spacial score (nSPS) is 17.5. The first-order valence-corrected chi connectivity index (χ1v) is 11.8. The zero-order chi connectivity index (χ0) is 26.7. The number of anilines is 2. The first kappa shape index (κ1) is 26.4. The summed E-state index contributed by atoms with van der Waals surface area (Å²) in [5.74, 6) is -11.5. The van der Waals surface area contributed by atoms with Crippen molar-refractivity contribution < 1.29 is 31.5 Å². The van der Waals surface area contributed by atoms with Gasteiger partial charge in [-0.2, -0.15) is 13.8 Å². The van der Waals surface area contributed by atoms with Gasteiger partial charge < -0.3 is 20.3 Å². The Kier molecular flexibility index (Phi) is 7.94. The second-order valence-electron chi connectivity index (χ2n) is 9.14. The van der Waals surface area contributed by atoms with E-state index in [9.17, 15) is 26.7 Å². The van der Waals surface area contributed by atoms with Crippen molar-refractivity contribution in [3.63, 3.8) is 0 Å². The number of nitrogens with zero attached hydrogens (tertiary/aromatic N) is 3. The van der Waals surface area contributed by atoms with Crippen LogP contribution >= 0.6 is 0 Å². The van der Waals surface area contributed by atoms with Gasteiger partial charge in [-0.05, 0) is 43.7 Å². The van der Waals surface area contributed by atoms with Gasteiger partial charge in [-0.15, -0.1) is 0 Å². The third-order valence-corrected chi connectivity index (χ3v) is 6.29. The number of carbonyl (C=O) groups excluding carboxylic acids is 1. The second-order valence-corrected chi connectivity index (χ2v) is 9.14. The molecule has 1 aliphatic carbocycles. The predicted octanol–water partition coefficient (Wildman–Crippen LogP) is 4.56. The van der Waals surface area contributed by atoms with E-state index in [1.807, 2.05) is 43.3 Å². The van der Waals surface area contributed by atoms with E-state index in [0.717, 1.165) is 42.4 Å². The van der Waals surface area contributed by atoms with Gasteiger partial charge in [0, 0.05) is 32.1 Å². The number of amides is 1. The quantitative estimate of drug-likeness (QED) is 0.256. The summed E-state index contributed by atoms with van der Waals surface area (Å²) < 4.78 is 71.5. The standard InChI is InChI=1S/C25H26F5N5O2/c1-35(2)24-15-5-3-4-6-16(15)33-25(34-24)32-14-9-7-13(8-10-14)11-31-17(36)12-37-23-21(29)19(27)18(26)20(28)22(23)30/h3-6,13-14H,7-12H2,1-2H3,(H,31,36)(H,32,33,34)/t13-,14+. The Bertz CT molecular complexity index is 1270. The van der Waals surface area contributed by atoms with Gasteiger partial charge in [-0.1, -0.05) is 12.1 Å². The number of nitrogens with one attached hydrogen (secondary N) is 2. The van der Waals surface area contributed by atoms with Gasteiger partial charge in [0.2, 0.25) is 35.0 Å². The highest BCUT2D eigenvalue weighted by Crippen LogP contribution is 2.30. The summed E-state index contributed by atoms with van der Waals surface area (Å²) in [5.41, 5.74) is 0.841. The highest BCUT2D eigenvalue weighted by molar-refractivity contribution is 5.90. The molecule has 1 heterocycles. The molecule has 0 bridgehead atoms. The lowest BCUT2D eigenvalue weighted by atomic mass is 9.86. The maximum Gasteiger partial charge on any atom is 0.257 e. The minimum atomic E-state index is -2.29. The molecule has 37 heavy (non-hydrogen) atoms. The second kappa shape index (κ2) is 11.1. The molecule has 7 nitrogen and oxygen atoms in total. The zero-order valence-corrected chi connectivity index (χ0v) is 20.3. The van der Waals surface area contributed by atoms with Crippen LogP contribution in [0.3, 0.4) is 0 Å². The Labute approximate surface area is 210 Å². The van der Waals surface area contributed by atoms with Crippen molar-refractivity contribution in [1.29, 1.82) is 0 Å². The van der Waals surface area contributed by atoms with Gasteiger partial charge >= 0.3 is 0 Å². The number of hydrogen-bond acceptors (Lipinski definition) is 6. The summed E-state index contributed by atoms with van der Waals surface area (Å²) in [6.07, 6.45) is 3.22. The topological polar surface area (TPSA) is 79.4 Å². The van der Waals surface area contributed by atoms with E-state index in [1.165, 1.54) is 0 Å². The van der Waals surface area contributed by atoms with Crippen LogP contribution in [0.5, 0.6) is 5.75 Å². The molecule has 1 aromatic heterocycles. The van der Waals surface area contributed by atoms with Crippen molar-refractivity contribution in [2.75, 3.05) is 37.5 Å². The van der Waals surface area contributed by atoms with E-state index >= 15 is 0 Å². The number of rotatable bonds is 8. The van der Waals surface area contributed by atoms with Gasteiger partial charge in [0.1, 0.15) is 5.82 Å². The molecule has 2 aromatic carbocycles. The lowest BCUT2D eigenvalue weighted by Crippen LogP contribution is -2.36. The van der Waals surface area contributed by atoms with Crippen LogP contribution < -0.4 is 20.3 Å². The van der Waals surface area contributed by atoms with Crippen LogP contribution in [0.2, 0.25) is 0 Å². The molecular weight excluding hydrogens is 497 g/mol. The summed E-state index contributed by atoms with van der Waals surface area (Å²) in [4.78, 5) is 23.3. The van der Waals surface area contributed by atoms with Crippen molar-refractivity contribution >= 4 is 28.6 Å². The van der Waals surface area contributed by atoms with Crippen molar-refractivity contribution in [3.8, 4) is 5.75 Å². The number of hydrogen-bond donors (Lipinski definition) is 2. The molecule has 2 N–H and O–H groups in total. The predicted molar refractivity (Wildman–Crippen MR) is 128 cm³/mol. The number of benzene rings is 2. The monoisotopic (exact) mass is 523 g/mol. The third kappa shape index (κ3) is 5.83. The van der Waals surface area contributed by atoms with E-state index in [4.69, 9.17) is 0 Å². The summed E-state index contributed by atoms with van der Waals surface area (Å²) in [6.45, 7) is -0.591. The fourth-order valence-electron chi connectivity index (χ4n) is 4.32. The van der Waals surface area contributed by atoms with E-state index in [2.05, 4.69) is 25.3 Å². The van der Waals surface area contributed by atoms with Gasteiger partial charge in [0.05, 0.1) is 5.52 Å². The van der Waals surface area contributed by atoms with Crippen LogP contribution in [0.1, 0.15) is 25.7 Å². The number of para-hydroxylation sites is 1. The Morgan fingerprint density at radius 3 is 2.22 bits per heavy atom. The SMILES string of the molecule is CN(C)c1nc(N[C@H]2CC[C@@H](CNC(=O)COc3c(F)c(F)c(F)c(F)c3F)CC2)nc2ccccc12. The number of carbonyl (C=O) groups is 1. The highest BCUT2D eigenvalue weighted by Gasteiger charge is 2.28. The van der Waals surface area contributed by atoms with E-state index in [0.29, 0.717) is 12.5 Å². The number of ether oxygens (including phenoxy) is 1. The fourth-order valence-corrected chi connectivity index (χ4v) is 4.32. The molecule has 0 aliphatic heterocycles. The molecule has 1 fully saturated rings. The van der Waals surface area contributed by atoms with Gasteiger partial charge in [-0.25, -0.2) is 18.2 Å². The summed E-state index contributed by atoms with van der Waals surface area (Å²) in [7, 11) is 3.85. The number of halogens is 5. The summed E-state index contributed by atoms with van der Waals surface area (Å²) in [5, 5.41) is 6.95. The molecule has 0 radical (unpaired) electrons. The first-order chi connectivity index (χ1) is 17.7. The molecule has 12 heteroatoms. The zero-order valence-electron chi connectivity index (χ0n) is 20.3. The molecule has 1 aliphatic rings. The Morgan fingerprint density at radius 2 is 1.57 bits per heavy atom. The van der Waals surface area contributed by atoms with Crippen molar-refractivity contribution in [3.05, 3.63) is 53.4 Å². The van der Waals surface area contributed by atoms with Crippen LogP contribution in [-0.4, -0.2) is 49.2 Å². The number of fused-ring (bicyclic) bond motifs is 1. The number of aromatic nitrogens is 2. The van der Waals surface area contributed by atoms with Crippen LogP contribution in [0, 0.1) is 35.0 Å². The highest BCUT2D eigenvalue weighted by atomic mass is 19.2.